The van der Waals surface area contributed by atoms with Gasteiger partial charge in [0.05, 0.1) is 32.3 Å². The second kappa shape index (κ2) is 13.2. The van der Waals surface area contributed by atoms with E-state index in [2.05, 4.69) is 15.6 Å². The highest BCUT2D eigenvalue weighted by molar-refractivity contribution is 14.0. The second-order valence-electron chi connectivity index (χ2n) is 5.17. The molecule has 0 bridgehead atoms. The summed E-state index contributed by atoms with van der Waals surface area (Å²) in [6.45, 7) is 2.57. The number of aliphatic hydroxyl groups is 1. The summed E-state index contributed by atoms with van der Waals surface area (Å²) in [5, 5.41) is 15.2. The van der Waals surface area contributed by atoms with E-state index in [1.54, 1.807) is 6.92 Å². The molecular weight excluding hydrogens is 450 g/mol. The Morgan fingerprint density at radius 1 is 1.24 bits per heavy atom. The molecule has 9 heteroatoms. The Hall–Kier alpha value is -1.07. The zero-order valence-corrected chi connectivity index (χ0v) is 16.4. The first-order valence-corrected chi connectivity index (χ1v) is 7.79. The van der Waals surface area contributed by atoms with Crippen LogP contribution in [0.3, 0.4) is 0 Å². The van der Waals surface area contributed by atoms with Gasteiger partial charge < -0.3 is 20.5 Å². The van der Waals surface area contributed by atoms with Crippen molar-refractivity contribution in [3.63, 3.8) is 0 Å². The fourth-order valence-electron chi connectivity index (χ4n) is 1.80. The molecule has 0 aromatic heterocycles. The van der Waals surface area contributed by atoms with Crippen molar-refractivity contribution < 1.29 is 23.0 Å². The normalized spacial score (nSPS) is 13.1. The van der Waals surface area contributed by atoms with Gasteiger partial charge in [-0.2, -0.15) is 13.2 Å². The minimum Gasteiger partial charge on any atom is -0.389 e. The molecule has 0 saturated heterocycles. The van der Waals surface area contributed by atoms with E-state index in [9.17, 15) is 18.3 Å². The molecule has 0 aliphatic rings. The summed E-state index contributed by atoms with van der Waals surface area (Å²) in [4.78, 5) is 4.06. The number of nitrogens with one attached hydrogen (secondary N) is 2. The lowest BCUT2D eigenvalue weighted by molar-refractivity contribution is -0.132. The zero-order chi connectivity index (χ0) is 17.8. The smallest absolute Gasteiger partial charge is 0.389 e. The average molecular weight is 475 g/mol. The summed E-state index contributed by atoms with van der Waals surface area (Å²) in [6.07, 6.45) is -5.98. The maximum atomic E-state index is 12.1. The van der Waals surface area contributed by atoms with Crippen molar-refractivity contribution in [2.45, 2.75) is 32.2 Å². The summed E-state index contributed by atoms with van der Waals surface area (Å²) in [6, 6.07) is 9.53. The quantitative estimate of drug-likeness (QED) is 0.292. The van der Waals surface area contributed by atoms with Gasteiger partial charge in [0.25, 0.3) is 0 Å². The van der Waals surface area contributed by atoms with Crippen LogP contribution in [0.2, 0.25) is 0 Å². The lowest BCUT2D eigenvalue weighted by Crippen LogP contribution is -2.39. The first-order valence-electron chi connectivity index (χ1n) is 7.79. The number of alkyl halides is 3. The summed E-state index contributed by atoms with van der Waals surface area (Å²) >= 11 is 0. The standard InChI is InChI=1S/C16H24F3N3O2.HI/c1-2-20-15(21-9-8-16(17,18)19)22-10-14(23)12-24-11-13-6-4-3-5-7-13;/h3-7,14,23H,2,8-12H2,1H3,(H2,20,21,22);1H. The molecule has 5 nitrogen and oxygen atoms in total. The third-order valence-electron chi connectivity index (χ3n) is 2.93. The zero-order valence-electron chi connectivity index (χ0n) is 14.1. The molecule has 1 rings (SSSR count). The first-order chi connectivity index (χ1) is 11.4. The highest BCUT2D eigenvalue weighted by Gasteiger charge is 2.26. The van der Waals surface area contributed by atoms with Crippen LogP contribution in [0.1, 0.15) is 18.9 Å². The molecule has 1 aromatic carbocycles. The third kappa shape index (κ3) is 12.9. The Morgan fingerprint density at radius 2 is 1.92 bits per heavy atom. The van der Waals surface area contributed by atoms with Crippen molar-refractivity contribution >= 4 is 29.9 Å². The van der Waals surface area contributed by atoms with E-state index >= 15 is 0 Å². The molecule has 0 spiro atoms. The number of benzene rings is 1. The lowest BCUT2D eigenvalue weighted by atomic mass is 10.2. The molecule has 0 amide bonds. The second-order valence-corrected chi connectivity index (χ2v) is 5.17. The monoisotopic (exact) mass is 475 g/mol. The van der Waals surface area contributed by atoms with Crippen LogP contribution in [0, 0.1) is 0 Å². The Labute approximate surface area is 163 Å². The van der Waals surface area contributed by atoms with Gasteiger partial charge in [0, 0.05) is 13.1 Å². The van der Waals surface area contributed by atoms with Crippen molar-refractivity contribution in [2.24, 2.45) is 4.99 Å². The van der Waals surface area contributed by atoms with Crippen LogP contribution in [0.4, 0.5) is 13.2 Å². The van der Waals surface area contributed by atoms with E-state index in [0.29, 0.717) is 13.2 Å². The molecule has 0 aliphatic heterocycles. The maximum Gasteiger partial charge on any atom is 0.390 e. The Morgan fingerprint density at radius 3 is 2.52 bits per heavy atom. The fourth-order valence-corrected chi connectivity index (χ4v) is 1.80. The van der Waals surface area contributed by atoms with Crippen molar-refractivity contribution in [1.82, 2.24) is 10.6 Å². The number of guanidine groups is 1. The van der Waals surface area contributed by atoms with Crippen LogP contribution >= 0.6 is 24.0 Å². The number of nitrogens with zero attached hydrogens (tertiary/aromatic N) is 1. The van der Waals surface area contributed by atoms with E-state index < -0.39 is 18.7 Å². The molecule has 0 saturated carbocycles. The van der Waals surface area contributed by atoms with Gasteiger partial charge >= 0.3 is 6.18 Å². The van der Waals surface area contributed by atoms with Gasteiger partial charge in [-0.05, 0) is 12.5 Å². The van der Waals surface area contributed by atoms with Gasteiger partial charge in [0.1, 0.15) is 0 Å². The molecule has 1 atom stereocenters. The Bertz CT molecular complexity index is 487. The summed E-state index contributed by atoms with van der Waals surface area (Å²) in [5.74, 6) is 0.240. The Kier molecular flexibility index (Phi) is 12.6. The molecule has 1 unspecified atom stereocenters. The van der Waals surface area contributed by atoms with Crippen LogP contribution in [0.5, 0.6) is 0 Å². The highest BCUT2D eigenvalue weighted by atomic mass is 127. The molecule has 3 N–H and O–H groups in total. The van der Waals surface area contributed by atoms with Crippen LogP contribution in [0.25, 0.3) is 0 Å². The summed E-state index contributed by atoms with van der Waals surface area (Å²) in [5.41, 5.74) is 0.996. The number of hydrogen-bond acceptors (Lipinski definition) is 3. The maximum absolute atomic E-state index is 12.1. The molecular formula is C16H25F3IN3O2. The van der Waals surface area contributed by atoms with E-state index in [1.165, 1.54) is 0 Å². The van der Waals surface area contributed by atoms with E-state index in [-0.39, 0.29) is 49.6 Å². The topological polar surface area (TPSA) is 65.9 Å². The number of aliphatic hydroxyl groups excluding tert-OH is 1. The Balaban J connectivity index is 0.00000576. The van der Waals surface area contributed by atoms with Gasteiger partial charge in [0.15, 0.2) is 5.96 Å². The molecule has 25 heavy (non-hydrogen) atoms. The van der Waals surface area contributed by atoms with Crippen LogP contribution in [-0.4, -0.2) is 49.6 Å². The number of aliphatic imine (C=N–C) groups is 1. The lowest BCUT2D eigenvalue weighted by Gasteiger charge is -2.14. The van der Waals surface area contributed by atoms with Gasteiger partial charge in [-0.25, -0.2) is 0 Å². The predicted octanol–water partition coefficient (Wildman–Crippen LogP) is 2.69. The predicted molar refractivity (Wildman–Crippen MR) is 102 cm³/mol. The van der Waals surface area contributed by atoms with Gasteiger partial charge in [-0.1, -0.05) is 30.3 Å². The SMILES string of the molecule is CCNC(=NCC(O)COCc1ccccc1)NCCC(F)(F)F.I. The van der Waals surface area contributed by atoms with Crippen molar-refractivity contribution in [3.05, 3.63) is 35.9 Å². The number of rotatable bonds is 9. The first kappa shape index (κ1) is 23.9. The van der Waals surface area contributed by atoms with Gasteiger partial charge in [0.2, 0.25) is 0 Å². The highest BCUT2D eigenvalue weighted by Crippen LogP contribution is 2.18. The molecule has 144 valence electrons. The van der Waals surface area contributed by atoms with Crippen molar-refractivity contribution in [1.29, 1.82) is 0 Å². The third-order valence-corrected chi connectivity index (χ3v) is 2.93. The molecule has 0 aliphatic carbocycles. The summed E-state index contributed by atoms with van der Waals surface area (Å²) < 4.78 is 41.8. The number of ether oxygens (including phenoxy) is 1. The number of halogens is 4. The largest absolute Gasteiger partial charge is 0.390 e. The fraction of sp³-hybridized carbons (Fsp3) is 0.562. The van der Waals surface area contributed by atoms with Gasteiger partial charge in [-0.15, -0.1) is 24.0 Å². The van der Waals surface area contributed by atoms with E-state index in [4.69, 9.17) is 4.74 Å². The molecule has 1 aromatic rings. The molecule has 0 fully saturated rings. The van der Waals surface area contributed by atoms with E-state index in [0.717, 1.165) is 5.56 Å². The van der Waals surface area contributed by atoms with Crippen molar-refractivity contribution in [2.75, 3.05) is 26.2 Å². The molecule has 0 radical (unpaired) electrons. The minimum absolute atomic E-state index is 0. The van der Waals surface area contributed by atoms with E-state index in [1.807, 2.05) is 30.3 Å². The minimum atomic E-state index is -4.21. The van der Waals surface area contributed by atoms with Crippen LogP contribution < -0.4 is 10.6 Å². The summed E-state index contributed by atoms with van der Waals surface area (Å²) in [7, 11) is 0. The van der Waals surface area contributed by atoms with Crippen molar-refractivity contribution in [3.8, 4) is 0 Å². The van der Waals surface area contributed by atoms with Crippen LogP contribution in [0.15, 0.2) is 35.3 Å². The number of hydrogen-bond donors (Lipinski definition) is 3. The van der Waals surface area contributed by atoms with Gasteiger partial charge in [-0.3, -0.25) is 4.99 Å². The molecule has 0 heterocycles. The average Bonchev–Trinajstić information content (AvgIpc) is 2.52. The van der Waals surface area contributed by atoms with Crippen LogP contribution in [-0.2, 0) is 11.3 Å².